The van der Waals surface area contributed by atoms with Crippen molar-refractivity contribution in [3.63, 3.8) is 0 Å². The molecule has 1 rings (SSSR count). The van der Waals surface area contributed by atoms with E-state index < -0.39 is 0 Å². The van der Waals surface area contributed by atoms with Gasteiger partial charge in [-0.15, -0.1) is 0 Å². The molecule has 0 unspecified atom stereocenters. The lowest BCUT2D eigenvalue weighted by Crippen LogP contribution is -2.19. The van der Waals surface area contributed by atoms with E-state index in [2.05, 4.69) is 96.8 Å². The van der Waals surface area contributed by atoms with Crippen molar-refractivity contribution in [1.82, 2.24) is 0 Å². The number of hydrogen-bond donors (Lipinski definition) is 0. The molecule has 1 nitrogen and oxygen atoms in total. The lowest BCUT2D eigenvalue weighted by atomic mass is 9.72. The van der Waals surface area contributed by atoms with Gasteiger partial charge in [-0.2, -0.15) is 0 Å². The van der Waals surface area contributed by atoms with Gasteiger partial charge in [0.1, 0.15) is 0 Å². The minimum absolute atomic E-state index is 0.110. The molecule has 156 valence electrons. The van der Waals surface area contributed by atoms with E-state index in [4.69, 9.17) is 0 Å². The summed E-state index contributed by atoms with van der Waals surface area (Å²) < 4.78 is 0. The highest BCUT2D eigenvalue weighted by molar-refractivity contribution is 5.73. The number of hydrogen-bond acceptors (Lipinski definition) is 1. The number of aliphatic imine (C=N–C) groups is 1. The molecule has 0 aromatic carbocycles. The zero-order chi connectivity index (χ0) is 21.2. The fourth-order valence-electron chi connectivity index (χ4n) is 3.60. The highest BCUT2D eigenvalue weighted by atomic mass is 14.7. The zero-order valence-electron chi connectivity index (χ0n) is 19.7. The Kier molecular flexibility index (Phi) is 9.93. The summed E-state index contributed by atoms with van der Waals surface area (Å²) >= 11 is 0. The van der Waals surface area contributed by atoms with Gasteiger partial charge in [-0.3, -0.25) is 4.99 Å². The molecule has 0 amide bonds. The Labute approximate surface area is 175 Å². The zero-order valence-corrected chi connectivity index (χ0v) is 19.7. The molecule has 28 heavy (non-hydrogen) atoms. The van der Waals surface area contributed by atoms with Crippen molar-refractivity contribution in [3.8, 4) is 0 Å². The van der Waals surface area contributed by atoms with E-state index in [0.717, 1.165) is 13.0 Å². The molecule has 0 atom stereocenters. The Hall–Kier alpha value is -1.63. The summed E-state index contributed by atoms with van der Waals surface area (Å²) in [6, 6.07) is 0. The van der Waals surface area contributed by atoms with Crippen molar-refractivity contribution in [3.05, 3.63) is 58.7 Å². The van der Waals surface area contributed by atoms with Crippen LogP contribution >= 0.6 is 0 Å². The molecule has 0 aromatic rings. The quantitative estimate of drug-likeness (QED) is 0.227. The monoisotopic (exact) mass is 381 g/mol. The maximum Gasteiger partial charge on any atom is 0.0389 e. The first kappa shape index (κ1) is 24.4. The molecule has 1 aliphatic rings. The van der Waals surface area contributed by atoms with Crippen LogP contribution in [0.15, 0.2) is 63.7 Å². The molecule has 0 aromatic heterocycles. The highest BCUT2D eigenvalue weighted by Gasteiger charge is 2.26. The maximum atomic E-state index is 4.49. The summed E-state index contributed by atoms with van der Waals surface area (Å²) in [4.78, 5) is 4.49. The molecule has 0 radical (unpaired) electrons. The highest BCUT2D eigenvalue weighted by Crippen LogP contribution is 2.40. The maximum absolute atomic E-state index is 4.49. The third-order valence-electron chi connectivity index (χ3n) is 5.56. The molecule has 0 heterocycles. The molecule has 0 saturated heterocycles. The van der Waals surface area contributed by atoms with Crippen LogP contribution in [0.2, 0.25) is 0 Å². The molecule has 0 aliphatic heterocycles. The van der Waals surface area contributed by atoms with Gasteiger partial charge in [-0.25, -0.2) is 0 Å². The first-order valence-corrected chi connectivity index (χ1v) is 11.0. The summed E-state index contributed by atoms with van der Waals surface area (Å²) in [6.45, 7) is 19.1. The lowest BCUT2D eigenvalue weighted by Gasteiger charge is -2.32. The Morgan fingerprint density at radius 1 is 1.14 bits per heavy atom. The molecule has 0 spiro atoms. The molecule has 1 aliphatic carbocycles. The van der Waals surface area contributed by atoms with Gasteiger partial charge in [0.25, 0.3) is 0 Å². The van der Waals surface area contributed by atoms with Crippen molar-refractivity contribution in [2.24, 2.45) is 15.8 Å². The topological polar surface area (TPSA) is 12.4 Å². The SMILES string of the molecule is CCCCN=C\C=C(/C=C/C=C(C)/C=C/C1=C(C)CCCC1(C)C)C(C)(C)C. The smallest absolute Gasteiger partial charge is 0.0389 e. The first-order valence-electron chi connectivity index (χ1n) is 11.0. The summed E-state index contributed by atoms with van der Waals surface area (Å²) in [5.41, 5.74) is 6.06. The third kappa shape index (κ3) is 8.59. The van der Waals surface area contributed by atoms with E-state index in [-0.39, 0.29) is 5.41 Å². The molecule has 0 N–H and O–H groups in total. The van der Waals surface area contributed by atoms with Crippen molar-refractivity contribution < 1.29 is 0 Å². The second-order valence-corrected chi connectivity index (χ2v) is 9.82. The lowest BCUT2D eigenvalue weighted by molar-refractivity contribution is 0.377. The van der Waals surface area contributed by atoms with Crippen LogP contribution in [-0.4, -0.2) is 12.8 Å². The van der Waals surface area contributed by atoms with Gasteiger partial charge in [0, 0.05) is 12.8 Å². The van der Waals surface area contributed by atoms with Gasteiger partial charge in [-0.1, -0.05) is 89.5 Å². The molecular formula is C27H43N. The Morgan fingerprint density at radius 3 is 2.46 bits per heavy atom. The second-order valence-electron chi connectivity index (χ2n) is 9.82. The van der Waals surface area contributed by atoms with Crippen LogP contribution in [0.25, 0.3) is 0 Å². The molecule has 0 saturated carbocycles. The van der Waals surface area contributed by atoms with Gasteiger partial charge >= 0.3 is 0 Å². The predicted octanol–water partition coefficient (Wildman–Crippen LogP) is 8.42. The number of rotatable bonds is 8. The Balaban J connectivity index is 2.86. The fraction of sp³-hybridized carbons (Fsp3) is 0.593. The van der Waals surface area contributed by atoms with Crippen LogP contribution in [0.1, 0.15) is 87.5 Å². The normalized spacial score (nSPS) is 19.6. The van der Waals surface area contributed by atoms with E-state index in [0.29, 0.717) is 5.41 Å². The van der Waals surface area contributed by atoms with Gasteiger partial charge in [-0.05, 0) is 67.6 Å². The van der Waals surface area contributed by atoms with E-state index in [1.165, 1.54) is 42.4 Å². The summed E-state index contributed by atoms with van der Waals surface area (Å²) in [5, 5.41) is 0. The fourth-order valence-corrected chi connectivity index (χ4v) is 3.60. The van der Waals surface area contributed by atoms with Crippen LogP contribution < -0.4 is 0 Å². The van der Waals surface area contributed by atoms with E-state index in [9.17, 15) is 0 Å². The second kappa shape index (κ2) is 11.4. The van der Waals surface area contributed by atoms with Crippen LogP contribution in [0, 0.1) is 10.8 Å². The minimum atomic E-state index is 0.110. The van der Waals surface area contributed by atoms with E-state index >= 15 is 0 Å². The molecule has 0 bridgehead atoms. The first-order chi connectivity index (χ1) is 13.1. The Morgan fingerprint density at radius 2 is 1.86 bits per heavy atom. The molecule has 0 fully saturated rings. The summed E-state index contributed by atoms with van der Waals surface area (Å²) in [6.07, 6.45) is 21.5. The van der Waals surface area contributed by atoms with Crippen LogP contribution in [0.4, 0.5) is 0 Å². The average Bonchev–Trinajstić information content (AvgIpc) is 2.58. The number of nitrogens with zero attached hydrogens (tertiary/aromatic N) is 1. The minimum Gasteiger partial charge on any atom is -0.293 e. The summed E-state index contributed by atoms with van der Waals surface area (Å²) in [5.74, 6) is 0. The Bertz CT molecular complexity index is 670. The molecule has 1 heteroatoms. The van der Waals surface area contributed by atoms with Crippen LogP contribution in [0.3, 0.4) is 0 Å². The van der Waals surface area contributed by atoms with E-state index in [1.54, 1.807) is 5.57 Å². The van der Waals surface area contributed by atoms with E-state index in [1.807, 2.05) is 6.21 Å². The summed E-state index contributed by atoms with van der Waals surface area (Å²) in [7, 11) is 0. The standard InChI is InChI=1S/C27H43N/c1-9-10-20-28-21-18-24(26(4,5)6)15-11-13-22(2)16-17-25-23(3)14-12-19-27(25,7)8/h11,13,15-18,21H,9-10,12,14,19-20H2,1-8H3/b15-11+,17-16+,22-13+,24-18+,28-21?. The van der Waals surface area contributed by atoms with Gasteiger partial charge in [0.2, 0.25) is 0 Å². The average molecular weight is 382 g/mol. The van der Waals surface area contributed by atoms with Crippen molar-refractivity contribution >= 4 is 6.21 Å². The third-order valence-corrected chi connectivity index (χ3v) is 5.56. The van der Waals surface area contributed by atoms with Crippen molar-refractivity contribution in [2.45, 2.75) is 87.5 Å². The van der Waals surface area contributed by atoms with Crippen LogP contribution in [0.5, 0.6) is 0 Å². The predicted molar refractivity (Wildman–Crippen MR) is 128 cm³/mol. The largest absolute Gasteiger partial charge is 0.293 e. The number of allylic oxidation sites excluding steroid dienone is 10. The van der Waals surface area contributed by atoms with Gasteiger partial charge < -0.3 is 0 Å². The van der Waals surface area contributed by atoms with Crippen LogP contribution in [-0.2, 0) is 0 Å². The van der Waals surface area contributed by atoms with Gasteiger partial charge in [0.05, 0.1) is 0 Å². The number of unbranched alkanes of at least 4 members (excludes halogenated alkanes) is 1. The van der Waals surface area contributed by atoms with Crippen molar-refractivity contribution in [1.29, 1.82) is 0 Å². The van der Waals surface area contributed by atoms with Gasteiger partial charge in [0.15, 0.2) is 0 Å². The van der Waals surface area contributed by atoms with Crippen molar-refractivity contribution in [2.75, 3.05) is 6.54 Å². The molecular weight excluding hydrogens is 338 g/mol.